The van der Waals surface area contributed by atoms with Crippen LogP contribution in [0.25, 0.3) is 0 Å². The molecule has 0 saturated heterocycles. The Morgan fingerprint density at radius 1 is 0.966 bits per heavy atom. The quantitative estimate of drug-likeness (QED) is 0.446. The van der Waals surface area contributed by atoms with Crippen molar-refractivity contribution in [2.45, 2.75) is 19.4 Å². The van der Waals surface area contributed by atoms with Crippen LogP contribution in [0.2, 0.25) is 0 Å². The number of carbonyl (C=O) groups is 1. The number of hydrogen-bond acceptors (Lipinski definition) is 5. The normalized spacial score (nSPS) is 10.1. The minimum atomic E-state index is -0.297. The van der Waals surface area contributed by atoms with Gasteiger partial charge in [-0.25, -0.2) is 4.39 Å². The Kier molecular flexibility index (Phi) is 8.47. The molecule has 0 fully saturated rings. The molecule has 0 spiro atoms. The highest BCUT2D eigenvalue weighted by Gasteiger charge is 2.14. The van der Waals surface area contributed by atoms with E-state index in [1.165, 1.54) is 33.5 Å². The highest BCUT2D eigenvalue weighted by Crippen LogP contribution is 2.38. The largest absolute Gasteiger partial charge is 0.493 e. The van der Waals surface area contributed by atoms with Crippen LogP contribution in [0.4, 0.5) is 4.39 Å². The van der Waals surface area contributed by atoms with E-state index in [4.69, 9.17) is 26.4 Å². The molecule has 0 aliphatic carbocycles. The van der Waals surface area contributed by atoms with Crippen molar-refractivity contribution >= 4 is 23.2 Å². The molecule has 0 aliphatic rings. The highest BCUT2D eigenvalue weighted by molar-refractivity contribution is 7.80. The molecule has 0 aromatic heterocycles. The number of rotatable bonds is 8. The summed E-state index contributed by atoms with van der Waals surface area (Å²) in [4.78, 5) is 12.1. The number of nitrogens with one attached hydrogen (secondary N) is 3. The lowest BCUT2D eigenvalue weighted by atomic mass is 10.1. The van der Waals surface area contributed by atoms with E-state index in [9.17, 15) is 9.18 Å². The molecule has 0 saturated carbocycles. The maximum absolute atomic E-state index is 12.9. The van der Waals surface area contributed by atoms with Crippen LogP contribution in [0.3, 0.4) is 0 Å². The van der Waals surface area contributed by atoms with Gasteiger partial charge < -0.3 is 19.5 Å². The van der Waals surface area contributed by atoms with E-state index in [0.29, 0.717) is 30.2 Å². The third-order valence-electron chi connectivity index (χ3n) is 4.05. The second-order valence-corrected chi connectivity index (χ2v) is 6.42. The zero-order chi connectivity index (χ0) is 21.2. The maximum atomic E-state index is 12.9. The predicted octanol–water partition coefficient (Wildman–Crippen LogP) is 2.48. The fourth-order valence-electron chi connectivity index (χ4n) is 2.56. The summed E-state index contributed by atoms with van der Waals surface area (Å²) in [6.07, 6.45) is 0.701. The van der Waals surface area contributed by atoms with Crippen molar-refractivity contribution in [3.8, 4) is 17.2 Å². The van der Waals surface area contributed by atoms with Gasteiger partial charge in [0.2, 0.25) is 11.7 Å². The SMILES string of the molecule is COc1cc(CCC(=O)NNC(=S)NCc2ccc(F)cc2)cc(OC)c1OC. The Hall–Kier alpha value is -3.07. The molecule has 2 rings (SSSR count). The molecule has 7 nitrogen and oxygen atoms in total. The lowest BCUT2D eigenvalue weighted by Gasteiger charge is -2.14. The number of thiocarbonyl (C=S) groups is 1. The highest BCUT2D eigenvalue weighted by atomic mass is 32.1. The summed E-state index contributed by atoms with van der Waals surface area (Å²) in [5.74, 6) is 1.04. The first kappa shape index (κ1) is 22.2. The lowest BCUT2D eigenvalue weighted by Crippen LogP contribution is -2.46. The second-order valence-electron chi connectivity index (χ2n) is 6.02. The van der Waals surface area contributed by atoms with Crippen LogP contribution < -0.4 is 30.4 Å². The number of hydrogen-bond donors (Lipinski definition) is 3. The monoisotopic (exact) mass is 421 g/mol. The standard InChI is InChI=1S/C20H24FN3O4S/c1-26-16-10-14(11-17(27-2)19(16)28-3)6-9-18(25)23-24-20(29)22-12-13-4-7-15(21)8-5-13/h4-5,7-8,10-11H,6,9,12H2,1-3H3,(H,23,25)(H2,22,24,29). The molecule has 0 heterocycles. The molecule has 0 bridgehead atoms. The summed E-state index contributed by atoms with van der Waals surface area (Å²) in [7, 11) is 4.61. The van der Waals surface area contributed by atoms with Gasteiger partial charge in [0.25, 0.3) is 0 Å². The Labute approximate surface area is 174 Å². The third-order valence-corrected chi connectivity index (χ3v) is 4.29. The van der Waals surface area contributed by atoms with Crippen LogP contribution in [0.15, 0.2) is 36.4 Å². The van der Waals surface area contributed by atoms with E-state index in [2.05, 4.69) is 16.2 Å². The molecule has 0 radical (unpaired) electrons. The Morgan fingerprint density at radius 3 is 2.14 bits per heavy atom. The Bertz CT molecular complexity index is 821. The summed E-state index contributed by atoms with van der Waals surface area (Å²) in [5, 5.41) is 3.19. The van der Waals surface area contributed by atoms with Gasteiger partial charge in [-0.2, -0.15) is 0 Å². The zero-order valence-electron chi connectivity index (χ0n) is 16.5. The maximum Gasteiger partial charge on any atom is 0.238 e. The van der Waals surface area contributed by atoms with Gasteiger partial charge in [-0.15, -0.1) is 0 Å². The number of halogens is 1. The van der Waals surface area contributed by atoms with Gasteiger partial charge in [-0.3, -0.25) is 15.6 Å². The molecule has 2 aromatic carbocycles. The van der Waals surface area contributed by atoms with Crippen molar-refractivity contribution in [1.29, 1.82) is 0 Å². The molecular weight excluding hydrogens is 397 g/mol. The number of benzene rings is 2. The number of amides is 1. The van der Waals surface area contributed by atoms with Gasteiger partial charge in [0.05, 0.1) is 21.3 Å². The van der Waals surface area contributed by atoms with Crippen molar-refractivity contribution < 1.29 is 23.4 Å². The molecular formula is C20H24FN3O4S. The third kappa shape index (κ3) is 6.79. The molecule has 3 N–H and O–H groups in total. The van der Waals surface area contributed by atoms with Crippen LogP contribution in [0.1, 0.15) is 17.5 Å². The first-order valence-electron chi connectivity index (χ1n) is 8.82. The van der Waals surface area contributed by atoms with E-state index in [1.807, 2.05) is 0 Å². The summed E-state index contributed by atoms with van der Waals surface area (Å²) in [6, 6.07) is 9.66. The topological polar surface area (TPSA) is 80.9 Å². The van der Waals surface area contributed by atoms with Crippen molar-refractivity contribution in [2.24, 2.45) is 0 Å². The molecule has 9 heteroatoms. The van der Waals surface area contributed by atoms with Crippen LogP contribution in [-0.4, -0.2) is 32.3 Å². The van der Waals surface area contributed by atoms with Crippen LogP contribution in [0, 0.1) is 5.82 Å². The number of carbonyl (C=O) groups excluding carboxylic acids is 1. The van der Waals surface area contributed by atoms with E-state index in [-0.39, 0.29) is 23.3 Å². The molecule has 29 heavy (non-hydrogen) atoms. The summed E-state index contributed by atoms with van der Waals surface area (Å²) in [5.41, 5.74) is 6.91. The van der Waals surface area contributed by atoms with Gasteiger partial charge in [0, 0.05) is 13.0 Å². The van der Waals surface area contributed by atoms with Crippen molar-refractivity contribution in [3.63, 3.8) is 0 Å². The first-order chi connectivity index (χ1) is 14.0. The molecule has 156 valence electrons. The lowest BCUT2D eigenvalue weighted by molar-refractivity contribution is -0.121. The van der Waals surface area contributed by atoms with E-state index in [0.717, 1.165) is 11.1 Å². The van der Waals surface area contributed by atoms with E-state index in [1.54, 1.807) is 24.3 Å². The first-order valence-corrected chi connectivity index (χ1v) is 9.23. The van der Waals surface area contributed by atoms with Gasteiger partial charge in [-0.1, -0.05) is 12.1 Å². The minimum Gasteiger partial charge on any atom is -0.493 e. The number of methoxy groups -OCH3 is 3. The van der Waals surface area contributed by atoms with Gasteiger partial charge in [0.15, 0.2) is 16.6 Å². The summed E-state index contributed by atoms with van der Waals surface area (Å²) < 4.78 is 28.8. The average molecular weight is 421 g/mol. The second kappa shape index (κ2) is 11.1. The average Bonchev–Trinajstić information content (AvgIpc) is 2.74. The summed E-state index contributed by atoms with van der Waals surface area (Å²) in [6.45, 7) is 0.410. The van der Waals surface area contributed by atoms with Gasteiger partial charge in [0.1, 0.15) is 5.82 Å². The van der Waals surface area contributed by atoms with Crippen LogP contribution in [-0.2, 0) is 17.8 Å². The zero-order valence-corrected chi connectivity index (χ0v) is 17.3. The Morgan fingerprint density at radius 2 is 1.59 bits per heavy atom. The van der Waals surface area contributed by atoms with Gasteiger partial charge in [-0.05, 0) is 54.0 Å². The van der Waals surface area contributed by atoms with Crippen LogP contribution in [0.5, 0.6) is 17.2 Å². The summed E-state index contributed by atoms with van der Waals surface area (Å²) >= 11 is 5.11. The molecule has 1 amide bonds. The predicted molar refractivity (Wildman–Crippen MR) is 112 cm³/mol. The fraction of sp³-hybridized carbons (Fsp3) is 0.300. The Balaban J connectivity index is 1.79. The van der Waals surface area contributed by atoms with Crippen molar-refractivity contribution in [3.05, 3.63) is 53.3 Å². The fourth-order valence-corrected chi connectivity index (χ4v) is 2.68. The number of ether oxygens (including phenoxy) is 3. The molecule has 0 atom stereocenters. The van der Waals surface area contributed by atoms with E-state index < -0.39 is 0 Å². The molecule has 2 aromatic rings. The van der Waals surface area contributed by atoms with Crippen molar-refractivity contribution in [1.82, 2.24) is 16.2 Å². The van der Waals surface area contributed by atoms with Gasteiger partial charge >= 0.3 is 0 Å². The number of aryl methyl sites for hydroxylation is 1. The smallest absolute Gasteiger partial charge is 0.238 e. The molecule has 0 unspecified atom stereocenters. The molecule has 0 aliphatic heterocycles. The number of hydrazine groups is 1. The van der Waals surface area contributed by atoms with Crippen molar-refractivity contribution in [2.75, 3.05) is 21.3 Å². The van der Waals surface area contributed by atoms with Crippen LogP contribution >= 0.6 is 12.2 Å². The minimum absolute atomic E-state index is 0.228. The van der Waals surface area contributed by atoms with E-state index >= 15 is 0 Å².